The SMILES string of the molecule is [O-][n+]1c(-c2ccccc2)ccn1-c1ccccc1Cl. The number of hydrogen-bond acceptors (Lipinski definition) is 1. The maximum Gasteiger partial charge on any atom is 0.251 e. The van der Waals surface area contributed by atoms with Gasteiger partial charge in [0.15, 0.2) is 0 Å². The Morgan fingerprint density at radius 3 is 2.32 bits per heavy atom. The van der Waals surface area contributed by atoms with E-state index in [0.29, 0.717) is 16.4 Å². The monoisotopic (exact) mass is 270 g/mol. The Kier molecular flexibility index (Phi) is 2.97. The van der Waals surface area contributed by atoms with Crippen molar-refractivity contribution >= 4 is 11.6 Å². The highest BCUT2D eigenvalue weighted by atomic mass is 35.5. The van der Waals surface area contributed by atoms with Crippen LogP contribution in [0.5, 0.6) is 0 Å². The predicted octanol–water partition coefficient (Wildman–Crippen LogP) is 3.43. The van der Waals surface area contributed by atoms with Crippen molar-refractivity contribution < 1.29 is 4.85 Å². The van der Waals surface area contributed by atoms with Gasteiger partial charge in [0.05, 0.1) is 16.8 Å². The fourth-order valence-electron chi connectivity index (χ4n) is 2.01. The largest absolute Gasteiger partial charge is 0.595 e. The van der Waals surface area contributed by atoms with Crippen molar-refractivity contribution in [3.63, 3.8) is 0 Å². The summed E-state index contributed by atoms with van der Waals surface area (Å²) in [5.41, 5.74) is 2.14. The van der Waals surface area contributed by atoms with Crippen LogP contribution in [-0.4, -0.2) is 4.68 Å². The minimum absolute atomic E-state index is 0.544. The molecular weight excluding hydrogens is 260 g/mol. The zero-order chi connectivity index (χ0) is 13.2. The molecule has 0 unspecified atom stereocenters. The lowest BCUT2D eigenvalue weighted by molar-refractivity contribution is -0.673. The van der Waals surface area contributed by atoms with Crippen LogP contribution in [-0.2, 0) is 0 Å². The van der Waals surface area contributed by atoms with Crippen molar-refractivity contribution in [2.45, 2.75) is 0 Å². The first-order valence-electron chi connectivity index (χ1n) is 5.89. The van der Waals surface area contributed by atoms with Crippen molar-refractivity contribution in [2.24, 2.45) is 0 Å². The van der Waals surface area contributed by atoms with Crippen LogP contribution in [0.25, 0.3) is 16.9 Å². The lowest BCUT2D eigenvalue weighted by Crippen LogP contribution is -2.37. The van der Waals surface area contributed by atoms with Gasteiger partial charge in [-0.2, -0.15) is 0 Å². The summed E-state index contributed by atoms with van der Waals surface area (Å²) >= 11 is 6.11. The second-order valence-electron chi connectivity index (χ2n) is 4.14. The van der Waals surface area contributed by atoms with Crippen molar-refractivity contribution in [1.29, 1.82) is 0 Å². The first-order chi connectivity index (χ1) is 9.27. The molecule has 2 aromatic carbocycles. The molecule has 3 rings (SSSR count). The van der Waals surface area contributed by atoms with Crippen LogP contribution in [0.4, 0.5) is 0 Å². The zero-order valence-electron chi connectivity index (χ0n) is 10.0. The van der Waals surface area contributed by atoms with Gasteiger partial charge in [-0.25, -0.2) is 0 Å². The standard InChI is InChI=1S/C15H11ClN2O/c16-13-8-4-5-9-15(13)17-11-10-14(18(17)19)12-6-2-1-3-7-12/h1-11H. The Hall–Kier alpha value is -2.26. The third-order valence-electron chi connectivity index (χ3n) is 2.94. The van der Waals surface area contributed by atoms with Crippen LogP contribution in [0.1, 0.15) is 0 Å². The highest BCUT2D eigenvalue weighted by Crippen LogP contribution is 2.21. The minimum atomic E-state index is 0.544. The van der Waals surface area contributed by atoms with Gasteiger partial charge in [0.2, 0.25) is 0 Å². The third kappa shape index (κ3) is 2.09. The minimum Gasteiger partial charge on any atom is -0.595 e. The Morgan fingerprint density at radius 1 is 0.895 bits per heavy atom. The molecule has 94 valence electrons. The molecule has 0 N–H and O–H groups in total. The molecular formula is C15H11ClN2O. The molecule has 0 spiro atoms. The quantitative estimate of drug-likeness (QED) is 0.519. The molecule has 3 aromatic rings. The number of rotatable bonds is 2. The molecule has 0 saturated heterocycles. The van der Waals surface area contributed by atoms with E-state index >= 15 is 0 Å². The predicted molar refractivity (Wildman–Crippen MR) is 75.2 cm³/mol. The highest BCUT2D eigenvalue weighted by Gasteiger charge is 2.16. The van der Waals surface area contributed by atoms with Crippen LogP contribution in [0.2, 0.25) is 5.02 Å². The molecule has 1 aromatic heterocycles. The summed E-state index contributed by atoms with van der Waals surface area (Å²) in [5, 5.41) is 12.9. The maximum absolute atomic E-state index is 12.3. The average molecular weight is 271 g/mol. The van der Waals surface area contributed by atoms with Crippen LogP contribution < -0.4 is 4.85 Å². The van der Waals surface area contributed by atoms with Gasteiger partial charge < -0.3 is 5.21 Å². The lowest BCUT2D eigenvalue weighted by Gasteiger charge is -2.06. The van der Waals surface area contributed by atoms with E-state index in [-0.39, 0.29) is 0 Å². The van der Waals surface area contributed by atoms with E-state index in [9.17, 15) is 5.21 Å². The second-order valence-corrected chi connectivity index (χ2v) is 4.54. The Morgan fingerprint density at radius 2 is 1.58 bits per heavy atom. The lowest BCUT2D eigenvalue weighted by atomic mass is 10.2. The van der Waals surface area contributed by atoms with Crippen LogP contribution in [0.15, 0.2) is 66.9 Å². The van der Waals surface area contributed by atoms with Gasteiger partial charge in [-0.15, -0.1) is 4.68 Å². The van der Waals surface area contributed by atoms with Crippen LogP contribution >= 0.6 is 11.6 Å². The summed E-state index contributed by atoms with van der Waals surface area (Å²) in [6.45, 7) is 0. The van der Waals surface area contributed by atoms with E-state index in [1.807, 2.05) is 48.5 Å². The second kappa shape index (κ2) is 4.78. The summed E-state index contributed by atoms with van der Waals surface area (Å²) in [4.78, 5) is 0.844. The van der Waals surface area contributed by atoms with Gasteiger partial charge in [0.1, 0.15) is 5.69 Å². The molecule has 4 heteroatoms. The van der Waals surface area contributed by atoms with Crippen molar-refractivity contribution in [3.8, 4) is 16.9 Å². The molecule has 3 nitrogen and oxygen atoms in total. The summed E-state index contributed by atoms with van der Waals surface area (Å²) in [6.07, 6.45) is 1.72. The van der Waals surface area contributed by atoms with Crippen LogP contribution in [0.3, 0.4) is 0 Å². The third-order valence-corrected chi connectivity index (χ3v) is 3.26. The van der Waals surface area contributed by atoms with Crippen LogP contribution in [0, 0.1) is 5.21 Å². The van der Waals surface area contributed by atoms with E-state index < -0.39 is 0 Å². The summed E-state index contributed by atoms with van der Waals surface area (Å²) in [5.74, 6) is 0. The number of benzene rings is 2. The normalized spacial score (nSPS) is 10.6. The van der Waals surface area contributed by atoms with Crippen molar-refractivity contribution in [1.82, 2.24) is 4.68 Å². The van der Waals surface area contributed by atoms with Gasteiger partial charge in [0.25, 0.3) is 5.69 Å². The smallest absolute Gasteiger partial charge is 0.251 e. The molecule has 1 heterocycles. The van der Waals surface area contributed by atoms with Gasteiger partial charge >= 0.3 is 0 Å². The fraction of sp³-hybridized carbons (Fsp3) is 0. The summed E-state index contributed by atoms with van der Waals surface area (Å²) < 4.78 is 1.49. The molecule has 0 atom stereocenters. The molecule has 0 aliphatic heterocycles. The van der Waals surface area contributed by atoms with E-state index in [1.54, 1.807) is 18.3 Å². The number of hydrogen-bond donors (Lipinski definition) is 0. The van der Waals surface area contributed by atoms with Gasteiger partial charge in [-0.3, -0.25) is 0 Å². The van der Waals surface area contributed by atoms with E-state index in [2.05, 4.69) is 0 Å². The summed E-state index contributed by atoms with van der Waals surface area (Å²) in [7, 11) is 0. The van der Waals surface area contributed by atoms with Crippen molar-refractivity contribution in [2.75, 3.05) is 0 Å². The Bertz CT molecular complexity index is 707. The number of aromatic nitrogens is 2. The molecule has 0 aliphatic carbocycles. The number of para-hydroxylation sites is 1. The Balaban J connectivity index is 2.12. The molecule has 0 saturated carbocycles. The number of nitrogens with zero attached hydrogens (tertiary/aromatic N) is 2. The zero-order valence-corrected chi connectivity index (χ0v) is 10.8. The number of halogens is 1. The molecule has 19 heavy (non-hydrogen) atoms. The molecule has 0 aliphatic rings. The average Bonchev–Trinajstić information content (AvgIpc) is 2.82. The topological polar surface area (TPSA) is 31.9 Å². The molecule has 0 bridgehead atoms. The van der Waals surface area contributed by atoms with E-state index in [0.717, 1.165) is 10.4 Å². The van der Waals surface area contributed by atoms with E-state index in [4.69, 9.17) is 11.6 Å². The molecule has 0 fully saturated rings. The first kappa shape index (κ1) is 11.8. The first-order valence-corrected chi connectivity index (χ1v) is 6.26. The highest BCUT2D eigenvalue weighted by molar-refractivity contribution is 6.32. The van der Waals surface area contributed by atoms with Gasteiger partial charge in [0, 0.05) is 6.07 Å². The van der Waals surface area contributed by atoms with Gasteiger partial charge in [-0.1, -0.05) is 46.8 Å². The molecule has 0 amide bonds. The van der Waals surface area contributed by atoms with Gasteiger partial charge in [-0.05, 0) is 24.3 Å². The molecule has 0 radical (unpaired) electrons. The fourth-order valence-corrected chi connectivity index (χ4v) is 2.24. The van der Waals surface area contributed by atoms with E-state index in [1.165, 1.54) is 4.68 Å². The van der Waals surface area contributed by atoms with Crippen molar-refractivity contribution in [3.05, 3.63) is 77.1 Å². The maximum atomic E-state index is 12.3. The Labute approximate surface area is 115 Å². The summed E-state index contributed by atoms with van der Waals surface area (Å²) in [6, 6.07) is 18.6.